The third kappa shape index (κ3) is 5.13. The third-order valence-electron chi connectivity index (χ3n) is 7.52. The van der Waals surface area contributed by atoms with Gasteiger partial charge in [0.1, 0.15) is 11.6 Å². The summed E-state index contributed by atoms with van der Waals surface area (Å²) in [6.45, 7) is 7.01. The van der Waals surface area contributed by atoms with Crippen molar-refractivity contribution in [2.45, 2.75) is 38.6 Å². The highest BCUT2D eigenvalue weighted by atomic mass is 16.5. The molecule has 35 heavy (non-hydrogen) atoms. The fraction of sp³-hybridized carbons (Fsp3) is 0.448. The summed E-state index contributed by atoms with van der Waals surface area (Å²) in [6.07, 6.45) is 5.85. The maximum absolute atomic E-state index is 13.5. The molecule has 6 heteroatoms. The number of rotatable bonds is 7. The van der Waals surface area contributed by atoms with Gasteiger partial charge in [0.2, 0.25) is 5.91 Å². The Hall–Kier alpha value is -3.12. The molecule has 2 aromatic carbocycles. The largest absolute Gasteiger partial charge is 0.497 e. The molecule has 1 amide bonds. The number of hydrogen-bond acceptors (Lipinski definition) is 5. The van der Waals surface area contributed by atoms with Gasteiger partial charge >= 0.3 is 0 Å². The molecule has 0 saturated carbocycles. The second-order valence-corrected chi connectivity index (χ2v) is 9.74. The molecule has 2 aliphatic rings. The SMILES string of the molecule is CCCN(C(=O)CN1CCN(c2nccc3ccccc23)CC1)C1CCc2ccc(OC)cc2C1. The van der Waals surface area contributed by atoms with Gasteiger partial charge < -0.3 is 14.5 Å². The molecule has 184 valence electrons. The van der Waals surface area contributed by atoms with Crippen molar-refractivity contribution < 1.29 is 9.53 Å². The van der Waals surface area contributed by atoms with E-state index in [-0.39, 0.29) is 11.9 Å². The van der Waals surface area contributed by atoms with Crippen LogP contribution in [0.2, 0.25) is 0 Å². The normalized spacial score (nSPS) is 18.3. The number of hydrogen-bond donors (Lipinski definition) is 0. The highest BCUT2D eigenvalue weighted by Crippen LogP contribution is 2.29. The number of fused-ring (bicyclic) bond motifs is 2. The molecule has 0 spiro atoms. The average Bonchev–Trinajstić information content (AvgIpc) is 2.91. The smallest absolute Gasteiger partial charge is 0.237 e. The maximum Gasteiger partial charge on any atom is 0.237 e. The lowest BCUT2D eigenvalue weighted by atomic mass is 9.87. The zero-order valence-corrected chi connectivity index (χ0v) is 20.9. The van der Waals surface area contributed by atoms with Crippen LogP contribution in [-0.2, 0) is 17.6 Å². The van der Waals surface area contributed by atoms with Gasteiger partial charge in [0.05, 0.1) is 13.7 Å². The predicted molar refractivity (Wildman–Crippen MR) is 141 cm³/mol. The number of methoxy groups -OCH3 is 1. The van der Waals surface area contributed by atoms with Gasteiger partial charge in [0.25, 0.3) is 0 Å². The Kier molecular flexibility index (Phi) is 7.19. The first-order valence-corrected chi connectivity index (χ1v) is 12.9. The number of anilines is 1. The fourth-order valence-electron chi connectivity index (χ4n) is 5.61. The van der Waals surface area contributed by atoms with Crippen molar-refractivity contribution in [3.8, 4) is 5.75 Å². The molecule has 1 unspecified atom stereocenters. The summed E-state index contributed by atoms with van der Waals surface area (Å²) >= 11 is 0. The van der Waals surface area contributed by atoms with Crippen molar-refractivity contribution >= 4 is 22.5 Å². The van der Waals surface area contributed by atoms with E-state index in [2.05, 4.69) is 69.1 Å². The molecule has 0 N–H and O–H groups in total. The quantitative estimate of drug-likeness (QED) is 0.517. The van der Waals surface area contributed by atoms with Crippen LogP contribution in [0, 0.1) is 0 Å². The first-order valence-electron chi connectivity index (χ1n) is 12.9. The van der Waals surface area contributed by atoms with Gasteiger partial charge in [-0.25, -0.2) is 4.98 Å². The number of amides is 1. The van der Waals surface area contributed by atoms with Crippen LogP contribution in [0.5, 0.6) is 5.75 Å². The van der Waals surface area contributed by atoms with Crippen molar-refractivity contribution in [1.82, 2.24) is 14.8 Å². The van der Waals surface area contributed by atoms with Gasteiger partial charge in [-0.1, -0.05) is 37.3 Å². The van der Waals surface area contributed by atoms with Crippen LogP contribution in [0.15, 0.2) is 54.7 Å². The molecular formula is C29H36N4O2. The van der Waals surface area contributed by atoms with E-state index in [1.807, 2.05) is 12.3 Å². The lowest BCUT2D eigenvalue weighted by molar-refractivity contribution is -0.135. The molecule has 1 aromatic heterocycles. The van der Waals surface area contributed by atoms with Crippen molar-refractivity contribution in [3.63, 3.8) is 0 Å². The molecule has 1 aliphatic heterocycles. The summed E-state index contributed by atoms with van der Waals surface area (Å²) in [6, 6.07) is 17.1. The predicted octanol–water partition coefficient (Wildman–Crippen LogP) is 4.16. The average molecular weight is 473 g/mol. The summed E-state index contributed by atoms with van der Waals surface area (Å²) < 4.78 is 5.44. The number of piperazine rings is 1. The first kappa shape index (κ1) is 23.6. The lowest BCUT2D eigenvalue weighted by Gasteiger charge is -2.39. The van der Waals surface area contributed by atoms with Crippen molar-refractivity contribution in [2.24, 2.45) is 0 Å². The summed E-state index contributed by atoms with van der Waals surface area (Å²) in [5, 5.41) is 2.42. The van der Waals surface area contributed by atoms with Gasteiger partial charge in [0.15, 0.2) is 0 Å². The van der Waals surface area contributed by atoms with Gasteiger partial charge in [-0.15, -0.1) is 0 Å². The van der Waals surface area contributed by atoms with Crippen molar-refractivity contribution in [2.75, 3.05) is 51.3 Å². The van der Waals surface area contributed by atoms with E-state index in [1.165, 1.54) is 21.9 Å². The van der Waals surface area contributed by atoms with Crippen LogP contribution >= 0.6 is 0 Å². The van der Waals surface area contributed by atoms with E-state index in [0.29, 0.717) is 6.54 Å². The van der Waals surface area contributed by atoms with E-state index in [0.717, 1.165) is 70.0 Å². The molecule has 5 rings (SSSR count). The molecular weight excluding hydrogens is 436 g/mol. The monoisotopic (exact) mass is 472 g/mol. The highest BCUT2D eigenvalue weighted by molar-refractivity contribution is 5.92. The second-order valence-electron chi connectivity index (χ2n) is 9.74. The number of benzene rings is 2. The fourth-order valence-corrected chi connectivity index (χ4v) is 5.61. The Morgan fingerprint density at radius 3 is 2.71 bits per heavy atom. The Morgan fingerprint density at radius 2 is 1.91 bits per heavy atom. The number of pyridine rings is 1. The van der Waals surface area contributed by atoms with E-state index < -0.39 is 0 Å². The zero-order chi connectivity index (χ0) is 24.2. The Labute approximate surface area is 208 Å². The van der Waals surface area contributed by atoms with E-state index in [4.69, 9.17) is 4.74 Å². The third-order valence-corrected chi connectivity index (χ3v) is 7.52. The van der Waals surface area contributed by atoms with Crippen molar-refractivity contribution in [1.29, 1.82) is 0 Å². The van der Waals surface area contributed by atoms with Crippen LogP contribution in [0.3, 0.4) is 0 Å². The molecule has 1 fully saturated rings. The van der Waals surface area contributed by atoms with E-state index in [1.54, 1.807) is 7.11 Å². The minimum atomic E-state index is 0.264. The molecule has 1 aliphatic carbocycles. The molecule has 3 aromatic rings. The Bertz CT molecular complexity index is 1170. The highest BCUT2D eigenvalue weighted by Gasteiger charge is 2.29. The van der Waals surface area contributed by atoms with E-state index >= 15 is 0 Å². The first-order chi connectivity index (χ1) is 17.2. The number of aromatic nitrogens is 1. The van der Waals surface area contributed by atoms with Crippen LogP contribution in [0.1, 0.15) is 30.9 Å². The summed E-state index contributed by atoms with van der Waals surface area (Å²) in [5.41, 5.74) is 2.72. The molecule has 1 saturated heterocycles. The van der Waals surface area contributed by atoms with Crippen LogP contribution < -0.4 is 9.64 Å². The maximum atomic E-state index is 13.5. The standard InChI is InChI=1S/C29H36N4O2/c1-3-14-33(25-10-8-22-9-11-26(35-2)20-24(22)19-25)28(34)21-31-15-17-32(18-16-31)29-27-7-5-4-6-23(27)12-13-30-29/h4-7,9,11-13,20,25H,3,8,10,14-19,21H2,1-2H3. The summed E-state index contributed by atoms with van der Waals surface area (Å²) in [5.74, 6) is 2.22. The van der Waals surface area contributed by atoms with E-state index in [9.17, 15) is 4.79 Å². The molecule has 2 heterocycles. The van der Waals surface area contributed by atoms with Gasteiger partial charge in [-0.2, -0.15) is 0 Å². The zero-order valence-electron chi connectivity index (χ0n) is 20.9. The number of ether oxygens (including phenoxy) is 1. The molecule has 6 nitrogen and oxygen atoms in total. The van der Waals surface area contributed by atoms with Gasteiger partial charge in [-0.3, -0.25) is 9.69 Å². The molecule has 0 bridgehead atoms. The lowest BCUT2D eigenvalue weighted by Crippen LogP contribution is -2.52. The van der Waals surface area contributed by atoms with Crippen LogP contribution in [-0.4, -0.2) is 73.1 Å². The Morgan fingerprint density at radius 1 is 1.09 bits per heavy atom. The number of carbonyl (C=O) groups is 1. The minimum absolute atomic E-state index is 0.264. The summed E-state index contributed by atoms with van der Waals surface area (Å²) in [7, 11) is 1.71. The van der Waals surface area contributed by atoms with Crippen LogP contribution in [0.25, 0.3) is 10.8 Å². The Balaban J connectivity index is 1.21. The number of aryl methyl sites for hydroxylation is 1. The number of nitrogens with zero attached hydrogens (tertiary/aromatic N) is 4. The molecule has 0 radical (unpaired) electrons. The topological polar surface area (TPSA) is 48.9 Å². The summed E-state index contributed by atoms with van der Waals surface area (Å²) in [4.78, 5) is 25.0. The second kappa shape index (κ2) is 10.6. The van der Waals surface area contributed by atoms with Crippen LogP contribution in [0.4, 0.5) is 5.82 Å². The van der Waals surface area contributed by atoms with Crippen molar-refractivity contribution in [3.05, 3.63) is 65.9 Å². The van der Waals surface area contributed by atoms with Gasteiger partial charge in [-0.05, 0) is 60.4 Å². The number of carbonyl (C=O) groups excluding carboxylic acids is 1. The minimum Gasteiger partial charge on any atom is -0.497 e. The van der Waals surface area contributed by atoms with Gasteiger partial charge in [0, 0.05) is 50.3 Å². The molecule has 1 atom stereocenters.